The van der Waals surface area contributed by atoms with Gasteiger partial charge in [-0.2, -0.15) is 4.31 Å². The second kappa shape index (κ2) is 5.58. The Labute approximate surface area is 128 Å². The molecule has 3 heterocycles. The first-order valence-electron chi connectivity index (χ1n) is 7.28. The first-order valence-corrected chi connectivity index (χ1v) is 9.60. The van der Waals surface area contributed by atoms with Gasteiger partial charge in [0.1, 0.15) is 0 Å². The maximum atomic E-state index is 13.1. The lowest BCUT2D eigenvalue weighted by Gasteiger charge is -2.34. The molecule has 0 radical (unpaired) electrons. The third-order valence-corrected chi connectivity index (χ3v) is 6.74. The van der Waals surface area contributed by atoms with Crippen molar-refractivity contribution in [2.45, 2.75) is 50.1 Å². The molecule has 1 aliphatic heterocycles. The zero-order valence-corrected chi connectivity index (χ0v) is 13.7. The molecule has 1 aliphatic rings. The molecule has 0 aliphatic carbocycles. The van der Waals surface area contributed by atoms with Crippen molar-refractivity contribution in [3.63, 3.8) is 0 Å². The van der Waals surface area contributed by atoms with E-state index in [1.165, 1.54) is 11.3 Å². The summed E-state index contributed by atoms with van der Waals surface area (Å²) < 4.78 is 29.3. The van der Waals surface area contributed by atoms with Gasteiger partial charge >= 0.3 is 0 Å². The fourth-order valence-electron chi connectivity index (χ4n) is 3.06. The molecule has 0 amide bonds. The Morgan fingerprint density at radius 3 is 3.05 bits per heavy atom. The van der Waals surface area contributed by atoms with Crippen LogP contribution in [0.1, 0.15) is 39.0 Å². The Bertz CT molecular complexity index is 733. The van der Waals surface area contributed by atoms with Crippen LogP contribution in [0.2, 0.25) is 0 Å². The number of fused-ring (bicyclic) bond motifs is 1. The molecule has 0 saturated carbocycles. The van der Waals surface area contributed by atoms with Crippen molar-refractivity contribution in [1.29, 1.82) is 0 Å². The molecular formula is C13H20N4O2S2. The van der Waals surface area contributed by atoms with E-state index in [1.54, 1.807) is 14.9 Å². The summed E-state index contributed by atoms with van der Waals surface area (Å²) in [6.07, 6.45) is 6.52. The third kappa shape index (κ3) is 2.45. The number of nitrogens with zero attached hydrogens (tertiary/aromatic N) is 3. The fraction of sp³-hybridized carbons (Fsp3) is 0.615. The number of nitrogens with two attached hydrogens (primary N) is 1. The Hall–Kier alpha value is -1.12. The minimum absolute atomic E-state index is 0.0809. The van der Waals surface area contributed by atoms with Crippen LogP contribution in [0.3, 0.4) is 0 Å². The number of thiazole rings is 1. The van der Waals surface area contributed by atoms with Crippen LogP contribution < -0.4 is 5.73 Å². The second-order valence-electron chi connectivity index (χ2n) is 5.41. The number of hydrogen-bond acceptors (Lipinski definition) is 5. The van der Waals surface area contributed by atoms with E-state index in [4.69, 9.17) is 5.73 Å². The average molecular weight is 328 g/mol. The molecule has 2 N–H and O–H groups in total. The van der Waals surface area contributed by atoms with E-state index in [2.05, 4.69) is 11.9 Å². The molecule has 2 aromatic heterocycles. The summed E-state index contributed by atoms with van der Waals surface area (Å²) in [5.74, 6) is 0.0997. The predicted octanol–water partition coefficient (Wildman–Crippen LogP) is 2.32. The smallest absolute Gasteiger partial charge is 0.263 e. The van der Waals surface area contributed by atoms with Crippen LogP contribution in [0.25, 0.3) is 4.96 Å². The van der Waals surface area contributed by atoms with Gasteiger partial charge in [0.25, 0.3) is 10.0 Å². The maximum Gasteiger partial charge on any atom is 0.263 e. The maximum absolute atomic E-state index is 13.1. The number of rotatable bonds is 4. The van der Waals surface area contributed by atoms with Crippen molar-refractivity contribution in [3.05, 3.63) is 11.6 Å². The second-order valence-corrected chi connectivity index (χ2v) is 8.09. The summed E-state index contributed by atoms with van der Waals surface area (Å²) in [5.41, 5.74) is 5.88. The number of imidazole rings is 1. The van der Waals surface area contributed by atoms with Gasteiger partial charge in [-0.05, 0) is 19.3 Å². The molecule has 2 aromatic rings. The molecule has 3 rings (SSSR count). The van der Waals surface area contributed by atoms with Crippen molar-refractivity contribution in [2.24, 2.45) is 0 Å². The van der Waals surface area contributed by atoms with Gasteiger partial charge < -0.3 is 5.73 Å². The van der Waals surface area contributed by atoms with Crippen LogP contribution in [0.5, 0.6) is 0 Å². The zero-order valence-electron chi connectivity index (χ0n) is 12.0. The molecule has 0 bridgehead atoms. The monoisotopic (exact) mass is 328 g/mol. The van der Waals surface area contributed by atoms with Gasteiger partial charge in [-0.1, -0.05) is 19.8 Å². The minimum atomic E-state index is -3.60. The van der Waals surface area contributed by atoms with Gasteiger partial charge in [-0.3, -0.25) is 4.40 Å². The molecule has 1 unspecified atom stereocenters. The van der Waals surface area contributed by atoms with E-state index < -0.39 is 10.0 Å². The largest absolute Gasteiger partial charge is 0.381 e. The van der Waals surface area contributed by atoms with E-state index in [0.717, 1.165) is 32.1 Å². The lowest BCUT2D eigenvalue weighted by molar-refractivity contribution is 0.239. The number of aromatic nitrogens is 2. The SMILES string of the molecule is CCCC1CCCCN1S(=O)(=O)c1c(N)nc2sccn12. The van der Waals surface area contributed by atoms with Gasteiger partial charge in [-0.25, -0.2) is 13.4 Å². The van der Waals surface area contributed by atoms with Crippen molar-refractivity contribution in [2.75, 3.05) is 12.3 Å². The number of anilines is 1. The molecule has 1 atom stereocenters. The topological polar surface area (TPSA) is 80.7 Å². The molecule has 116 valence electrons. The summed E-state index contributed by atoms with van der Waals surface area (Å²) in [4.78, 5) is 4.78. The van der Waals surface area contributed by atoms with Crippen molar-refractivity contribution >= 4 is 32.1 Å². The summed E-state index contributed by atoms with van der Waals surface area (Å²) in [7, 11) is -3.60. The van der Waals surface area contributed by atoms with E-state index in [-0.39, 0.29) is 16.9 Å². The number of sulfonamides is 1. The molecule has 1 fully saturated rings. The predicted molar refractivity (Wildman–Crippen MR) is 83.9 cm³/mol. The number of hydrogen-bond donors (Lipinski definition) is 1. The van der Waals surface area contributed by atoms with Crippen LogP contribution in [0, 0.1) is 0 Å². The average Bonchev–Trinajstić information content (AvgIpc) is 2.99. The lowest BCUT2D eigenvalue weighted by Crippen LogP contribution is -2.44. The summed E-state index contributed by atoms with van der Waals surface area (Å²) in [6, 6.07) is 0.0809. The summed E-state index contributed by atoms with van der Waals surface area (Å²) in [6.45, 7) is 2.66. The highest BCUT2D eigenvalue weighted by atomic mass is 32.2. The zero-order chi connectivity index (χ0) is 15.0. The standard InChI is InChI=1S/C13H20N4O2S2/c1-2-5-10-6-3-4-7-17(10)21(18,19)12-11(14)15-13-16(12)8-9-20-13/h8-10H,2-7,14H2,1H3. The first kappa shape index (κ1) is 14.8. The molecule has 1 saturated heterocycles. The van der Waals surface area contributed by atoms with E-state index in [1.807, 2.05) is 5.38 Å². The summed E-state index contributed by atoms with van der Waals surface area (Å²) in [5, 5.41) is 1.95. The van der Waals surface area contributed by atoms with Crippen molar-refractivity contribution in [1.82, 2.24) is 13.7 Å². The van der Waals surface area contributed by atoms with E-state index in [9.17, 15) is 8.42 Å². The van der Waals surface area contributed by atoms with Crippen molar-refractivity contribution in [3.8, 4) is 0 Å². The quantitative estimate of drug-likeness (QED) is 0.934. The lowest BCUT2D eigenvalue weighted by atomic mass is 10.0. The first-order chi connectivity index (χ1) is 10.1. The molecular weight excluding hydrogens is 308 g/mol. The molecule has 0 aromatic carbocycles. The number of nitrogen functional groups attached to an aromatic ring is 1. The Kier molecular flexibility index (Phi) is 3.94. The van der Waals surface area contributed by atoms with Gasteiger partial charge in [-0.15, -0.1) is 11.3 Å². The van der Waals surface area contributed by atoms with E-state index in [0.29, 0.717) is 11.5 Å². The van der Waals surface area contributed by atoms with Gasteiger partial charge in [0.05, 0.1) is 0 Å². The highest BCUT2D eigenvalue weighted by Gasteiger charge is 2.36. The molecule has 0 spiro atoms. The molecule has 21 heavy (non-hydrogen) atoms. The van der Waals surface area contributed by atoms with Gasteiger partial charge in [0, 0.05) is 24.2 Å². The minimum Gasteiger partial charge on any atom is -0.381 e. The van der Waals surface area contributed by atoms with E-state index >= 15 is 0 Å². The third-order valence-electron chi connectivity index (χ3n) is 3.99. The fourth-order valence-corrected chi connectivity index (χ4v) is 5.74. The number of piperidine rings is 1. The highest BCUT2D eigenvalue weighted by molar-refractivity contribution is 7.89. The molecule has 8 heteroatoms. The van der Waals surface area contributed by atoms with Crippen LogP contribution in [0.4, 0.5) is 5.82 Å². The van der Waals surface area contributed by atoms with Gasteiger partial charge in [0.2, 0.25) is 0 Å². The normalized spacial score (nSPS) is 21.1. The van der Waals surface area contributed by atoms with Crippen LogP contribution in [0.15, 0.2) is 16.6 Å². The summed E-state index contributed by atoms with van der Waals surface area (Å²) >= 11 is 1.39. The molecule has 6 nitrogen and oxygen atoms in total. The Morgan fingerprint density at radius 2 is 2.29 bits per heavy atom. The van der Waals surface area contributed by atoms with Crippen LogP contribution >= 0.6 is 11.3 Å². The van der Waals surface area contributed by atoms with Crippen molar-refractivity contribution < 1.29 is 8.42 Å². The van der Waals surface area contributed by atoms with Crippen LogP contribution in [-0.2, 0) is 10.0 Å². The Morgan fingerprint density at radius 1 is 1.48 bits per heavy atom. The highest BCUT2D eigenvalue weighted by Crippen LogP contribution is 2.31. The Balaban J connectivity index is 2.06. The van der Waals surface area contributed by atoms with Crippen LogP contribution in [-0.4, -0.2) is 34.7 Å². The van der Waals surface area contributed by atoms with Gasteiger partial charge in [0.15, 0.2) is 15.8 Å².